The fraction of sp³-hybridized carbons (Fsp3) is 0.250. The SMILES string of the molecule is CCc1ccc(CNC(=O)c2cnccn2)s1. The van der Waals surface area contributed by atoms with Gasteiger partial charge >= 0.3 is 0 Å². The molecule has 0 aliphatic heterocycles. The predicted octanol–water partition coefficient (Wildman–Crippen LogP) is 2.03. The second-order valence-corrected chi connectivity index (χ2v) is 4.75. The van der Waals surface area contributed by atoms with Gasteiger partial charge in [0.15, 0.2) is 0 Å². The van der Waals surface area contributed by atoms with Crippen LogP contribution in [-0.4, -0.2) is 15.9 Å². The van der Waals surface area contributed by atoms with Crippen LogP contribution in [0.25, 0.3) is 0 Å². The number of thiophene rings is 1. The first kappa shape index (κ1) is 11.7. The number of hydrogen-bond donors (Lipinski definition) is 1. The largest absolute Gasteiger partial charge is 0.346 e. The summed E-state index contributed by atoms with van der Waals surface area (Å²) >= 11 is 1.72. The number of nitrogens with zero attached hydrogens (tertiary/aromatic N) is 2. The van der Waals surface area contributed by atoms with Gasteiger partial charge in [-0.05, 0) is 18.6 Å². The van der Waals surface area contributed by atoms with Gasteiger partial charge in [0.05, 0.1) is 12.7 Å². The molecular weight excluding hydrogens is 234 g/mol. The minimum atomic E-state index is -0.190. The lowest BCUT2D eigenvalue weighted by Gasteiger charge is -2.01. The van der Waals surface area contributed by atoms with Gasteiger partial charge in [-0.1, -0.05) is 6.92 Å². The van der Waals surface area contributed by atoms with Crippen molar-refractivity contribution in [2.45, 2.75) is 19.9 Å². The molecule has 0 saturated carbocycles. The lowest BCUT2D eigenvalue weighted by atomic mass is 10.3. The van der Waals surface area contributed by atoms with Crippen molar-refractivity contribution >= 4 is 17.2 Å². The standard InChI is InChI=1S/C12H13N3OS/c1-2-9-3-4-10(17-9)7-15-12(16)11-8-13-5-6-14-11/h3-6,8H,2,7H2,1H3,(H,15,16). The molecule has 2 rings (SSSR count). The maximum Gasteiger partial charge on any atom is 0.271 e. The summed E-state index contributed by atoms with van der Waals surface area (Å²) in [6.45, 7) is 2.66. The molecule has 0 aliphatic carbocycles. The highest BCUT2D eigenvalue weighted by Crippen LogP contribution is 2.16. The molecule has 0 radical (unpaired) electrons. The van der Waals surface area contributed by atoms with Crippen molar-refractivity contribution in [2.24, 2.45) is 0 Å². The van der Waals surface area contributed by atoms with Crippen LogP contribution >= 0.6 is 11.3 Å². The minimum Gasteiger partial charge on any atom is -0.346 e. The second kappa shape index (κ2) is 5.54. The lowest BCUT2D eigenvalue weighted by Crippen LogP contribution is -2.23. The number of nitrogens with one attached hydrogen (secondary N) is 1. The van der Waals surface area contributed by atoms with Gasteiger partial charge in [-0.25, -0.2) is 4.98 Å². The lowest BCUT2D eigenvalue weighted by molar-refractivity contribution is 0.0946. The molecule has 0 aliphatic rings. The van der Waals surface area contributed by atoms with E-state index in [0.717, 1.165) is 11.3 Å². The summed E-state index contributed by atoms with van der Waals surface area (Å²) < 4.78 is 0. The Bertz CT molecular complexity index is 495. The summed E-state index contributed by atoms with van der Waals surface area (Å²) in [6, 6.07) is 4.13. The van der Waals surface area contributed by atoms with Crippen molar-refractivity contribution in [2.75, 3.05) is 0 Å². The van der Waals surface area contributed by atoms with Crippen LogP contribution in [0.15, 0.2) is 30.7 Å². The van der Waals surface area contributed by atoms with Crippen molar-refractivity contribution < 1.29 is 4.79 Å². The molecule has 1 amide bonds. The maximum atomic E-state index is 11.7. The van der Waals surface area contributed by atoms with Crippen LogP contribution in [0.3, 0.4) is 0 Å². The van der Waals surface area contributed by atoms with Gasteiger partial charge in [-0.2, -0.15) is 0 Å². The highest BCUT2D eigenvalue weighted by atomic mass is 32.1. The Morgan fingerprint density at radius 3 is 2.82 bits per heavy atom. The van der Waals surface area contributed by atoms with E-state index in [-0.39, 0.29) is 5.91 Å². The summed E-state index contributed by atoms with van der Waals surface area (Å²) in [7, 11) is 0. The summed E-state index contributed by atoms with van der Waals surface area (Å²) in [5.74, 6) is -0.190. The van der Waals surface area contributed by atoms with Crippen LogP contribution < -0.4 is 5.32 Å². The average molecular weight is 247 g/mol. The normalized spacial score (nSPS) is 10.2. The molecule has 88 valence electrons. The zero-order valence-corrected chi connectivity index (χ0v) is 10.3. The molecular formula is C12H13N3OS. The zero-order valence-electron chi connectivity index (χ0n) is 9.51. The second-order valence-electron chi connectivity index (χ2n) is 3.49. The third-order valence-corrected chi connectivity index (χ3v) is 3.51. The first-order valence-corrected chi connectivity index (χ1v) is 6.23. The molecule has 5 heteroatoms. The molecule has 17 heavy (non-hydrogen) atoms. The van der Waals surface area contributed by atoms with E-state index in [1.807, 2.05) is 6.07 Å². The van der Waals surface area contributed by atoms with Crippen LogP contribution in [0.1, 0.15) is 27.2 Å². The number of carbonyl (C=O) groups excluding carboxylic acids is 1. The Morgan fingerprint density at radius 1 is 1.35 bits per heavy atom. The quantitative estimate of drug-likeness (QED) is 0.899. The van der Waals surface area contributed by atoms with Gasteiger partial charge in [0.2, 0.25) is 0 Å². The summed E-state index contributed by atoms with van der Waals surface area (Å²) in [5.41, 5.74) is 0.347. The number of amides is 1. The number of hydrogen-bond acceptors (Lipinski definition) is 4. The molecule has 0 atom stereocenters. The van der Waals surface area contributed by atoms with Gasteiger partial charge in [-0.15, -0.1) is 11.3 Å². The van der Waals surface area contributed by atoms with E-state index in [4.69, 9.17) is 0 Å². The van der Waals surface area contributed by atoms with E-state index in [1.54, 1.807) is 17.5 Å². The molecule has 0 saturated heterocycles. The van der Waals surface area contributed by atoms with E-state index in [2.05, 4.69) is 28.3 Å². The highest BCUT2D eigenvalue weighted by Gasteiger charge is 2.06. The molecule has 0 fully saturated rings. The van der Waals surface area contributed by atoms with Crippen LogP contribution in [-0.2, 0) is 13.0 Å². The molecule has 0 bridgehead atoms. The molecule has 2 heterocycles. The summed E-state index contributed by atoms with van der Waals surface area (Å²) in [6.07, 6.45) is 5.54. The Balaban J connectivity index is 1.92. The van der Waals surface area contributed by atoms with Crippen LogP contribution in [0.2, 0.25) is 0 Å². The zero-order chi connectivity index (χ0) is 12.1. The smallest absolute Gasteiger partial charge is 0.271 e. The highest BCUT2D eigenvalue weighted by molar-refractivity contribution is 7.11. The van der Waals surface area contributed by atoms with Crippen molar-refractivity contribution in [3.05, 3.63) is 46.2 Å². The Labute approximate surface area is 104 Å². The maximum absolute atomic E-state index is 11.7. The van der Waals surface area contributed by atoms with Crippen molar-refractivity contribution in [1.29, 1.82) is 0 Å². The molecule has 1 N–H and O–H groups in total. The number of rotatable bonds is 4. The Morgan fingerprint density at radius 2 is 2.18 bits per heavy atom. The average Bonchev–Trinajstić information content (AvgIpc) is 2.85. The predicted molar refractivity (Wildman–Crippen MR) is 66.9 cm³/mol. The Hall–Kier alpha value is -1.75. The number of aromatic nitrogens is 2. The molecule has 4 nitrogen and oxygen atoms in total. The topological polar surface area (TPSA) is 54.9 Å². The third-order valence-electron chi connectivity index (χ3n) is 2.28. The molecule has 0 spiro atoms. The van der Waals surface area contributed by atoms with Crippen molar-refractivity contribution in [1.82, 2.24) is 15.3 Å². The molecule has 2 aromatic rings. The number of carbonyl (C=O) groups is 1. The molecule has 2 aromatic heterocycles. The van der Waals surface area contributed by atoms with E-state index in [1.165, 1.54) is 17.3 Å². The van der Waals surface area contributed by atoms with Crippen LogP contribution in [0, 0.1) is 0 Å². The van der Waals surface area contributed by atoms with Gasteiger partial charge < -0.3 is 5.32 Å². The van der Waals surface area contributed by atoms with Gasteiger partial charge in [0.25, 0.3) is 5.91 Å². The van der Waals surface area contributed by atoms with E-state index >= 15 is 0 Å². The fourth-order valence-electron chi connectivity index (χ4n) is 1.38. The van der Waals surface area contributed by atoms with E-state index in [9.17, 15) is 4.79 Å². The van der Waals surface area contributed by atoms with E-state index in [0.29, 0.717) is 12.2 Å². The van der Waals surface area contributed by atoms with E-state index < -0.39 is 0 Å². The van der Waals surface area contributed by atoms with Crippen LogP contribution in [0.4, 0.5) is 0 Å². The van der Waals surface area contributed by atoms with Crippen molar-refractivity contribution in [3.8, 4) is 0 Å². The Kier molecular flexibility index (Phi) is 3.82. The minimum absolute atomic E-state index is 0.190. The van der Waals surface area contributed by atoms with Crippen molar-refractivity contribution in [3.63, 3.8) is 0 Å². The number of aryl methyl sites for hydroxylation is 1. The van der Waals surface area contributed by atoms with Gasteiger partial charge in [-0.3, -0.25) is 9.78 Å². The monoisotopic (exact) mass is 247 g/mol. The molecule has 0 unspecified atom stereocenters. The van der Waals surface area contributed by atoms with Crippen LogP contribution in [0.5, 0.6) is 0 Å². The van der Waals surface area contributed by atoms with Gasteiger partial charge in [0, 0.05) is 22.1 Å². The summed E-state index contributed by atoms with van der Waals surface area (Å²) in [4.78, 5) is 22.0. The third kappa shape index (κ3) is 3.10. The fourth-order valence-corrected chi connectivity index (χ4v) is 2.28. The first-order chi connectivity index (χ1) is 8.29. The van der Waals surface area contributed by atoms with Gasteiger partial charge in [0.1, 0.15) is 5.69 Å². The molecule has 0 aromatic carbocycles. The summed E-state index contributed by atoms with van der Waals surface area (Å²) in [5, 5.41) is 2.82. The first-order valence-electron chi connectivity index (χ1n) is 5.41.